The second-order valence-corrected chi connectivity index (χ2v) is 8.56. The van der Waals surface area contributed by atoms with Crippen LogP contribution in [0.1, 0.15) is 5.76 Å². The topological polar surface area (TPSA) is 63.0 Å². The van der Waals surface area contributed by atoms with Crippen molar-refractivity contribution in [3.63, 3.8) is 0 Å². The molecule has 0 saturated carbocycles. The van der Waals surface area contributed by atoms with Crippen LogP contribution in [0.25, 0.3) is 17.4 Å². The third-order valence-electron chi connectivity index (χ3n) is 4.84. The summed E-state index contributed by atoms with van der Waals surface area (Å²) >= 11 is 23.7. The summed E-state index contributed by atoms with van der Waals surface area (Å²) in [7, 11) is 1.26. The Morgan fingerprint density at radius 3 is 2.42 bits per heavy atom. The van der Waals surface area contributed by atoms with E-state index >= 15 is 0 Å². The van der Waals surface area contributed by atoms with Gasteiger partial charge in [-0.3, -0.25) is 14.5 Å². The number of esters is 1. The second-order valence-electron chi connectivity index (χ2n) is 6.92. The highest BCUT2D eigenvalue weighted by Crippen LogP contribution is 2.34. The summed E-state index contributed by atoms with van der Waals surface area (Å²) in [6, 6.07) is 15.1. The first-order valence-corrected chi connectivity index (χ1v) is 11.1. The number of hydrogen-bond acceptors (Lipinski definition) is 5. The van der Waals surface area contributed by atoms with Crippen LogP contribution in [-0.4, -0.2) is 35.5 Å². The Kier molecular flexibility index (Phi) is 6.76. The smallest absolute Gasteiger partial charge is 0.325 e. The van der Waals surface area contributed by atoms with Gasteiger partial charge in [0.1, 0.15) is 23.8 Å². The summed E-state index contributed by atoms with van der Waals surface area (Å²) in [5, 5.41) is 1.58. The molecule has 1 aromatic heterocycles. The van der Waals surface area contributed by atoms with E-state index in [-0.39, 0.29) is 17.4 Å². The average Bonchev–Trinajstić information content (AvgIpc) is 3.33. The highest BCUT2D eigenvalue weighted by atomic mass is 35.5. The van der Waals surface area contributed by atoms with Crippen LogP contribution in [0.3, 0.4) is 0 Å². The van der Waals surface area contributed by atoms with Crippen molar-refractivity contribution in [3.05, 3.63) is 81.1 Å². The number of anilines is 1. The maximum absolute atomic E-state index is 13.3. The van der Waals surface area contributed by atoms with Crippen molar-refractivity contribution in [2.45, 2.75) is 0 Å². The van der Waals surface area contributed by atoms with Crippen molar-refractivity contribution in [2.24, 2.45) is 0 Å². The Labute approximate surface area is 209 Å². The van der Waals surface area contributed by atoms with E-state index in [9.17, 15) is 9.59 Å². The lowest BCUT2D eigenvalue weighted by Gasteiger charge is -2.19. The molecule has 0 bridgehead atoms. The minimum Gasteiger partial charge on any atom is -0.468 e. The van der Waals surface area contributed by atoms with Crippen LogP contribution in [0.15, 0.2) is 64.7 Å². The van der Waals surface area contributed by atoms with E-state index in [4.69, 9.17) is 56.2 Å². The number of benzene rings is 2. The number of rotatable bonds is 5. The fourth-order valence-corrected chi connectivity index (χ4v) is 4.22. The van der Waals surface area contributed by atoms with Crippen molar-refractivity contribution in [3.8, 4) is 11.3 Å². The number of thiocarbonyl (C=S) groups is 1. The maximum atomic E-state index is 13.3. The van der Waals surface area contributed by atoms with Crippen LogP contribution in [-0.2, 0) is 14.3 Å². The highest BCUT2D eigenvalue weighted by molar-refractivity contribution is 7.80. The lowest BCUT2D eigenvalue weighted by atomic mass is 10.2. The first kappa shape index (κ1) is 23.3. The van der Waals surface area contributed by atoms with E-state index in [1.807, 2.05) is 0 Å². The fourth-order valence-electron chi connectivity index (χ4n) is 3.24. The molecule has 1 aliphatic heterocycles. The van der Waals surface area contributed by atoms with E-state index in [0.717, 1.165) is 0 Å². The van der Waals surface area contributed by atoms with Crippen LogP contribution in [0.5, 0.6) is 0 Å². The van der Waals surface area contributed by atoms with Crippen molar-refractivity contribution < 1.29 is 18.7 Å². The molecule has 10 heteroatoms. The Balaban J connectivity index is 1.72. The highest BCUT2D eigenvalue weighted by Gasteiger charge is 2.40. The molecule has 168 valence electrons. The summed E-state index contributed by atoms with van der Waals surface area (Å²) in [6.07, 6.45) is 1.51. The Morgan fingerprint density at radius 1 is 1.06 bits per heavy atom. The first-order valence-electron chi connectivity index (χ1n) is 9.54. The van der Waals surface area contributed by atoms with Gasteiger partial charge in [-0.25, -0.2) is 0 Å². The number of hydrogen-bond donors (Lipinski definition) is 0. The van der Waals surface area contributed by atoms with Gasteiger partial charge in [-0.05, 0) is 66.8 Å². The van der Waals surface area contributed by atoms with Crippen LogP contribution < -0.4 is 4.90 Å². The number of carbonyl (C=O) groups is 2. The van der Waals surface area contributed by atoms with Crippen LogP contribution in [0.2, 0.25) is 15.1 Å². The normalized spacial score (nSPS) is 15.0. The van der Waals surface area contributed by atoms with Gasteiger partial charge in [-0.1, -0.05) is 34.8 Å². The molecule has 3 aromatic rings. The summed E-state index contributed by atoms with van der Waals surface area (Å²) in [4.78, 5) is 28.1. The molecule has 1 aliphatic rings. The third-order valence-corrected chi connectivity index (χ3v) is 6.04. The molecule has 6 nitrogen and oxygen atoms in total. The van der Waals surface area contributed by atoms with Gasteiger partial charge in [0.25, 0.3) is 5.91 Å². The van der Waals surface area contributed by atoms with Crippen molar-refractivity contribution in [2.75, 3.05) is 18.6 Å². The first-order chi connectivity index (χ1) is 15.8. The second kappa shape index (κ2) is 9.57. The molecule has 0 N–H and O–H groups in total. The minimum atomic E-state index is -0.554. The zero-order valence-electron chi connectivity index (χ0n) is 17.1. The number of carbonyl (C=O) groups excluding carboxylic acids is 2. The molecular weight excluding hydrogens is 507 g/mol. The van der Waals surface area contributed by atoms with Crippen LogP contribution >= 0.6 is 47.0 Å². The summed E-state index contributed by atoms with van der Waals surface area (Å²) < 4.78 is 10.7. The number of amides is 1. The molecule has 0 aliphatic carbocycles. The van der Waals surface area contributed by atoms with Gasteiger partial charge in [0, 0.05) is 21.7 Å². The van der Waals surface area contributed by atoms with Gasteiger partial charge < -0.3 is 14.1 Å². The van der Waals surface area contributed by atoms with Gasteiger partial charge >= 0.3 is 5.97 Å². The SMILES string of the molecule is COC(=O)CN1C(=S)N(c2ccc(Cl)cc2)C(=O)/C1=C/c1ccc(-c2ccc(Cl)cc2Cl)o1. The standard InChI is InChI=1S/C23H15Cl3N2O4S/c1-31-21(29)12-27-19(22(30)28(23(27)33)15-5-2-13(24)3-6-15)11-16-7-9-20(32-16)17-8-4-14(25)10-18(17)26/h2-11H,12H2,1H3/b19-11-. The van der Waals surface area contributed by atoms with Gasteiger partial charge in [-0.15, -0.1) is 0 Å². The van der Waals surface area contributed by atoms with Crippen molar-refractivity contribution in [1.29, 1.82) is 0 Å². The zero-order valence-corrected chi connectivity index (χ0v) is 20.1. The zero-order chi connectivity index (χ0) is 23.7. The molecule has 0 unspecified atom stereocenters. The molecule has 2 aromatic carbocycles. The van der Waals surface area contributed by atoms with E-state index < -0.39 is 11.9 Å². The number of halogens is 3. The lowest BCUT2D eigenvalue weighted by molar-refractivity contribution is -0.140. The summed E-state index contributed by atoms with van der Waals surface area (Å²) in [5.41, 5.74) is 1.32. The number of methoxy groups -OCH3 is 1. The number of nitrogens with zero attached hydrogens (tertiary/aromatic N) is 2. The molecular formula is C23H15Cl3N2O4S. The third kappa shape index (κ3) is 4.77. The van der Waals surface area contributed by atoms with E-state index in [0.29, 0.717) is 37.8 Å². The molecule has 1 saturated heterocycles. The molecule has 0 spiro atoms. The van der Waals surface area contributed by atoms with Gasteiger partial charge in [0.15, 0.2) is 5.11 Å². The molecule has 0 atom stereocenters. The predicted molar refractivity (Wildman–Crippen MR) is 132 cm³/mol. The lowest BCUT2D eigenvalue weighted by Crippen LogP contribution is -2.35. The van der Waals surface area contributed by atoms with E-state index in [1.165, 1.54) is 23.0 Å². The van der Waals surface area contributed by atoms with Gasteiger partial charge in [0.2, 0.25) is 0 Å². The molecule has 1 amide bonds. The molecule has 2 heterocycles. The van der Waals surface area contributed by atoms with E-state index in [1.54, 1.807) is 54.6 Å². The van der Waals surface area contributed by atoms with Gasteiger partial charge in [0.05, 0.1) is 17.8 Å². The Hall–Kier alpha value is -2.84. The van der Waals surface area contributed by atoms with Gasteiger partial charge in [-0.2, -0.15) is 0 Å². The molecule has 0 radical (unpaired) electrons. The number of ether oxygens (including phenoxy) is 1. The maximum Gasteiger partial charge on any atom is 0.325 e. The number of furan rings is 1. The van der Waals surface area contributed by atoms with E-state index in [2.05, 4.69) is 0 Å². The average molecular weight is 522 g/mol. The summed E-state index contributed by atoms with van der Waals surface area (Å²) in [6.45, 7) is -0.242. The molecule has 33 heavy (non-hydrogen) atoms. The minimum absolute atomic E-state index is 0.131. The Bertz CT molecular complexity index is 1290. The molecule has 4 rings (SSSR count). The fraction of sp³-hybridized carbons (Fsp3) is 0.0870. The predicted octanol–water partition coefficient (Wildman–Crippen LogP) is 6.05. The largest absolute Gasteiger partial charge is 0.468 e. The van der Waals surface area contributed by atoms with Crippen LogP contribution in [0.4, 0.5) is 5.69 Å². The quantitative estimate of drug-likeness (QED) is 0.231. The summed E-state index contributed by atoms with van der Waals surface area (Å²) in [5.74, 6) is -0.114. The Morgan fingerprint density at radius 2 is 1.76 bits per heavy atom. The van der Waals surface area contributed by atoms with Crippen LogP contribution in [0, 0.1) is 0 Å². The van der Waals surface area contributed by atoms with Crippen molar-refractivity contribution >= 4 is 75.8 Å². The monoisotopic (exact) mass is 520 g/mol. The van der Waals surface area contributed by atoms with Crippen molar-refractivity contribution in [1.82, 2.24) is 4.90 Å². The molecule has 1 fully saturated rings.